The van der Waals surface area contributed by atoms with Crippen molar-refractivity contribution in [3.05, 3.63) is 53.7 Å². The number of hydrogen-bond donors (Lipinski definition) is 1. The third-order valence-electron chi connectivity index (χ3n) is 2.99. The molecule has 24 heavy (non-hydrogen) atoms. The van der Waals surface area contributed by atoms with Crippen molar-refractivity contribution in [1.29, 1.82) is 0 Å². The number of amides is 1. The molecule has 8 heteroatoms. The number of alkyl halides is 3. The molecule has 0 aliphatic rings. The number of halogens is 3. The van der Waals surface area contributed by atoms with E-state index in [1.54, 1.807) is 30.3 Å². The zero-order chi connectivity index (χ0) is 17.6. The first-order valence-corrected chi connectivity index (χ1v) is 6.95. The molecule has 0 unspecified atom stereocenters. The van der Waals surface area contributed by atoms with Crippen molar-refractivity contribution in [3.63, 3.8) is 0 Å². The molecule has 1 aromatic carbocycles. The lowest BCUT2D eigenvalue weighted by atomic mass is 10.2. The Morgan fingerprint density at radius 2 is 2.04 bits per heavy atom. The maximum absolute atomic E-state index is 12.2. The van der Waals surface area contributed by atoms with Gasteiger partial charge >= 0.3 is 6.18 Å². The van der Waals surface area contributed by atoms with E-state index < -0.39 is 12.8 Å². The number of aromatic nitrogens is 1. The summed E-state index contributed by atoms with van der Waals surface area (Å²) in [7, 11) is 1.48. The van der Waals surface area contributed by atoms with E-state index in [9.17, 15) is 18.0 Å². The van der Waals surface area contributed by atoms with E-state index in [1.165, 1.54) is 19.4 Å². The molecule has 0 saturated heterocycles. The molecule has 1 N–H and O–H groups in total. The number of carbonyl (C=O) groups excluding carboxylic acids is 1. The Morgan fingerprint density at radius 1 is 1.25 bits per heavy atom. The summed E-state index contributed by atoms with van der Waals surface area (Å²) in [4.78, 5) is 15.9. The van der Waals surface area contributed by atoms with Crippen molar-refractivity contribution in [3.8, 4) is 11.6 Å². The summed E-state index contributed by atoms with van der Waals surface area (Å²) in [6, 6.07) is 9.59. The molecule has 1 aromatic heterocycles. The van der Waals surface area contributed by atoms with Gasteiger partial charge in [0.15, 0.2) is 6.61 Å². The molecule has 2 rings (SSSR count). The van der Waals surface area contributed by atoms with E-state index in [0.717, 1.165) is 0 Å². The van der Waals surface area contributed by atoms with Crippen molar-refractivity contribution in [2.45, 2.75) is 12.7 Å². The molecule has 0 radical (unpaired) electrons. The Hall–Kier alpha value is -2.77. The average molecular weight is 340 g/mol. The van der Waals surface area contributed by atoms with Crippen LogP contribution >= 0.6 is 0 Å². The maximum Gasteiger partial charge on any atom is 0.422 e. The Labute approximate surface area is 136 Å². The molecule has 0 aliphatic carbocycles. The lowest BCUT2D eigenvalue weighted by molar-refractivity contribution is -0.154. The number of nitrogens with one attached hydrogen (secondary N) is 1. The molecule has 0 atom stereocenters. The van der Waals surface area contributed by atoms with Gasteiger partial charge in [0.25, 0.3) is 5.91 Å². The highest BCUT2D eigenvalue weighted by Gasteiger charge is 2.29. The summed E-state index contributed by atoms with van der Waals surface area (Å²) in [5.41, 5.74) is 0.717. The predicted molar refractivity (Wildman–Crippen MR) is 80.0 cm³/mol. The van der Waals surface area contributed by atoms with Crippen LogP contribution in [-0.2, 0) is 6.54 Å². The van der Waals surface area contributed by atoms with E-state index in [0.29, 0.717) is 16.9 Å². The fraction of sp³-hybridized carbons (Fsp3) is 0.250. The Bertz CT molecular complexity index is 705. The zero-order valence-corrected chi connectivity index (χ0v) is 12.8. The Balaban J connectivity index is 2.02. The minimum Gasteiger partial charge on any atom is -0.497 e. The maximum atomic E-state index is 12.2. The lowest BCUT2D eigenvalue weighted by Crippen LogP contribution is -2.24. The molecule has 0 aliphatic heterocycles. The molecule has 0 bridgehead atoms. The molecular weight excluding hydrogens is 325 g/mol. The van der Waals surface area contributed by atoms with Gasteiger partial charge in [-0.25, -0.2) is 4.98 Å². The van der Waals surface area contributed by atoms with Crippen molar-refractivity contribution in [2.24, 2.45) is 0 Å². The number of ether oxygens (including phenoxy) is 2. The SMILES string of the molecule is COc1cccc(C(=O)NCc2cccnc2OCC(F)(F)F)c1. The van der Waals surface area contributed by atoms with Crippen LogP contribution in [0.1, 0.15) is 15.9 Å². The fourth-order valence-electron chi connectivity index (χ4n) is 1.88. The summed E-state index contributed by atoms with van der Waals surface area (Å²) in [5.74, 6) is -0.0291. The first-order chi connectivity index (χ1) is 11.4. The number of nitrogens with zero attached hydrogens (tertiary/aromatic N) is 1. The van der Waals surface area contributed by atoms with Gasteiger partial charge in [-0.05, 0) is 24.3 Å². The van der Waals surface area contributed by atoms with Gasteiger partial charge in [-0.1, -0.05) is 12.1 Å². The summed E-state index contributed by atoms with van der Waals surface area (Å²) in [6.07, 6.45) is -3.14. The minimum absolute atomic E-state index is 0.0168. The van der Waals surface area contributed by atoms with Crippen LogP contribution in [-0.4, -0.2) is 30.8 Å². The largest absolute Gasteiger partial charge is 0.497 e. The summed E-state index contributed by atoms with van der Waals surface area (Å²) < 4.78 is 46.4. The first kappa shape index (κ1) is 17.6. The Morgan fingerprint density at radius 3 is 2.75 bits per heavy atom. The topological polar surface area (TPSA) is 60.5 Å². The smallest absolute Gasteiger partial charge is 0.422 e. The van der Waals surface area contributed by atoms with Gasteiger partial charge in [0.1, 0.15) is 5.75 Å². The number of methoxy groups -OCH3 is 1. The van der Waals surface area contributed by atoms with Crippen molar-refractivity contribution in [1.82, 2.24) is 10.3 Å². The van der Waals surface area contributed by atoms with Crippen molar-refractivity contribution in [2.75, 3.05) is 13.7 Å². The highest BCUT2D eigenvalue weighted by atomic mass is 19.4. The van der Waals surface area contributed by atoms with Gasteiger partial charge in [-0.3, -0.25) is 4.79 Å². The molecule has 2 aromatic rings. The van der Waals surface area contributed by atoms with Gasteiger partial charge < -0.3 is 14.8 Å². The summed E-state index contributed by atoms with van der Waals surface area (Å²) >= 11 is 0. The predicted octanol–water partition coefficient (Wildman–Crippen LogP) is 2.96. The van der Waals surface area contributed by atoms with Crippen LogP contribution in [0.4, 0.5) is 13.2 Å². The van der Waals surface area contributed by atoms with Gasteiger partial charge in [0.05, 0.1) is 7.11 Å². The normalized spacial score (nSPS) is 11.0. The second-order valence-corrected chi connectivity index (χ2v) is 4.79. The van der Waals surface area contributed by atoms with E-state index in [4.69, 9.17) is 4.74 Å². The number of pyridine rings is 1. The van der Waals surface area contributed by atoms with Gasteiger partial charge in [0, 0.05) is 23.9 Å². The number of hydrogen-bond acceptors (Lipinski definition) is 4. The highest BCUT2D eigenvalue weighted by molar-refractivity contribution is 5.94. The van der Waals surface area contributed by atoms with Crippen molar-refractivity contribution >= 4 is 5.91 Å². The van der Waals surface area contributed by atoms with E-state index in [-0.39, 0.29) is 18.3 Å². The van der Waals surface area contributed by atoms with E-state index >= 15 is 0 Å². The zero-order valence-electron chi connectivity index (χ0n) is 12.8. The van der Waals surface area contributed by atoms with Crippen LogP contribution in [0.15, 0.2) is 42.6 Å². The average Bonchev–Trinajstić information content (AvgIpc) is 2.58. The summed E-state index contributed by atoms with van der Waals surface area (Å²) in [5, 5.41) is 2.61. The second kappa shape index (κ2) is 7.67. The molecule has 1 heterocycles. The quantitative estimate of drug-likeness (QED) is 0.878. The van der Waals surface area contributed by atoms with Gasteiger partial charge in [-0.2, -0.15) is 13.2 Å². The monoisotopic (exact) mass is 340 g/mol. The molecule has 0 saturated carbocycles. The number of rotatable bonds is 6. The van der Waals surface area contributed by atoms with Gasteiger partial charge in [0.2, 0.25) is 5.88 Å². The third kappa shape index (κ3) is 5.15. The number of benzene rings is 1. The molecule has 1 amide bonds. The fourth-order valence-corrected chi connectivity index (χ4v) is 1.88. The molecular formula is C16H15F3N2O3. The first-order valence-electron chi connectivity index (χ1n) is 6.95. The molecule has 5 nitrogen and oxygen atoms in total. The molecule has 0 fully saturated rings. The summed E-state index contributed by atoms with van der Waals surface area (Å²) in [6.45, 7) is -1.46. The minimum atomic E-state index is -4.46. The van der Waals surface area contributed by atoms with Gasteiger partial charge in [-0.15, -0.1) is 0 Å². The standard InChI is InChI=1S/C16H15F3N2O3/c1-23-13-6-2-4-11(8-13)14(22)21-9-12-5-3-7-20-15(12)24-10-16(17,18)19/h2-8H,9-10H2,1H3,(H,21,22). The number of carbonyl (C=O) groups is 1. The van der Waals surface area contributed by atoms with Crippen LogP contribution in [0.3, 0.4) is 0 Å². The van der Waals surface area contributed by atoms with Crippen LogP contribution in [0.25, 0.3) is 0 Å². The second-order valence-electron chi connectivity index (χ2n) is 4.79. The third-order valence-corrected chi connectivity index (χ3v) is 2.99. The van der Waals surface area contributed by atoms with E-state index in [2.05, 4.69) is 15.0 Å². The van der Waals surface area contributed by atoms with Crippen LogP contribution in [0, 0.1) is 0 Å². The lowest BCUT2D eigenvalue weighted by Gasteiger charge is -2.12. The molecule has 0 spiro atoms. The van der Waals surface area contributed by atoms with Crippen LogP contribution in [0.5, 0.6) is 11.6 Å². The Kier molecular flexibility index (Phi) is 5.62. The molecule has 128 valence electrons. The van der Waals surface area contributed by atoms with Crippen molar-refractivity contribution < 1.29 is 27.4 Å². The van der Waals surface area contributed by atoms with Crippen LogP contribution in [0.2, 0.25) is 0 Å². The highest BCUT2D eigenvalue weighted by Crippen LogP contribution is 2.20. The van der Waals surface area contributed by atoms with Crippen LogP contribution < -0.4 is 14.8 Å². The van der Waals surface area contributed by atoms with E-state index in [1.807, 2.05) is 0 Å².